The SMILES string of the molecule is COc1ccc(CCNC(=O)CCC(=O)Nc2ccc(OCc3ccccc3)cc2)cc1OC. The molecule has 178 valence electrons. The molecule has 2 N–H and O–H groups in total. The van der Waals surface area contributed by atoms with Gasteiger partial charge in [0.15, 0.2) is 11.5 Å². The van der Waals surface area contributed by atoms with Crippen LogP contribution in [0.25, 0.3) is 0 Å². The topological polar surface area (TPSA) is 85.9 Å². The summed E-state index contributed by atoms with van der Waals surface area (Å²) in [6.07, 6.45) is 0.876. The van der Waals surface area contributed by atoms with Crippen LogP contribution in [0.4, 0.5) is 5.69 Å². The van der Waals surface area contributed by atoms with Crippen LogP contribution in [0.2, 0.25) is 0 Å². The van der Waals surface area contributed by atoms with Gasteiger partial charge in [0.2, 0.25) is 11.8 Å². The average Bonchev–Trinajstić information content (AvgIpc) is 2.87. The molecule has 0 aliphatic rings. The first-order chi connectivity index (χ1) is 16.6. The molecule has 0 unspecified atom stereocenters. The van der Waals surface area contributed by atoms with Crippen molar-refractivity contribution >= 4 is 17.5 Å². The lowest BCUT2D eigenvalue weighted by atomic mass is 10.1. The summed E-state index contributed by atoms with van der Waals surface area (Å²) in [5, 5.41) is 5.65. The van der Waals surface area contributed by atoms with Gasteiger partial charge >= 0.3 is 0 Å². The molecule has 3 rings (SSSR count). The Bertz CT molecular complexity index is 1070. The molecule has 7 heteroatoms. The van der Waals surface area contributed by atoms with Gasteiger partial charge in [-0.2, -0.15) is 0 Å². The number of amides is 2. The minimum Gasteiger partial charge on any atom is -0.493 e. The molecule has 3 aromatic rings. The zero-order chi connectivity index (χ0) is 24.2. The summed E-state index contributed by atoms with van der Waals surface area (Å²) in [6.45, 7) is 0.952. The maximum atomic E-state index is 12.2. The number of hydrogen-bond acceptors (Lipinski definition) is 5. The minimum atomic E-state index is -0.215. The van der Waals surface area contributed by atoms with E-state index in [9.17, 15) is 9.59 Å². The first kappa shape index (κ1) is 24.6. The summed E-state index contributed by atoms with van der Waals surface area (Å²) in [4.78, 5) is 24.3. The molecule has 0 saturated heterocycles. The third kappa shape index (κ3) is 7.85. The maximum Gasteiger partial charge on any atom is 0.224 e. The number of nitrogens with one attached hydrogen (secondary N) is 2. The smallest absolute Gasteiger partial charge is 0.224 e. The zero-order valence-electron chi connectivity index (χ0n) is 19.5. The quantitative estimate of drug-likeness (QED) is 0.418. The van der Waals surface area contributed by atoms with E-state index in [1.165, 1.54) is 0 Å². The van der Waals surface area contributed by atoms with Crippen molar-refractivity contribution in [3.8, 4) is 17.2 Å². The highest BCUT2D eigenvalue weighted by atomic mass is 16.5. The van der Waals surface area contributed by atoms with E-state index in [0.717, 1.165) is 16.9 Å². The van der Waals surface area contributed by atoms with Crippen LogP contribution in [-0.2, 0) is 22.6 Å². The maximum absolute atomic E-state index is 12.2. The number of ether oxygens (including phenoxy) is 3. The van der Waals surface area contributed by atoms with Crippen molar-refractivity contribution in [3.05, 3.63) is 83.9 Å². The van der Waals surface area contributed by atoms with Crippen LogP contribution in [0.3, 0.4) is 0 Å². The molecule has 0 saturated carbocycles. The number of benzene rings is 3. The van der Waals surface area contributed by atoms with Gasteiger partial charge in [-0.3, -0.25) is 9.59 Å². The first-order valence-electron chi connectivity index (χ1n) is 11.1. The first-order valence-corrected chi connectivity index (χ1v) is 11.1. The van der Waals surface area contributed by atoms with E-state index in [2.05, 4.69) is 10.6 Å². The van der Waals surface area contributed by atoms with Crippen molar-refractivity contribution in [3.63, 3.8) is 0 Å². The highest BCUT2D eigenvalue weighted by Crippen LogP contribution is 2.27. The molecule has 34 heavy (non-hydrogen) atoms. The minimum absolute atomic E-state index is 0.106. The van der Waals surface area contributed by atoms with Gasteiger partial charge in [0.1, 0.15) is 12.4 Å². The highest BCUT2D eigenvalue weighted by molar-refractivity contribution is 5.93. The van der Waals surface area contributed by atoms with E-state index in [1.807, 2.05) is 48.5 Å². The van der Waals surface area contributed by atoms with Crippen molar-refractivity contribution in [2.45, 2.75) is 25.9 Å². The van der Waals surface area contributed by atoms with E-state index in [4.69, 9.17) is 14.2 Å². The average molecular weight is 463 g/mol. The summed E-state index contributed by atoms with van der Waals surface area (Å²) in [5.74, 6) is 1.65. The van der Waals surface area contributed by atoms with Gasteiger partial charge in [-0.15, -0.1) is 0 Å². The monoisotopic (exact) mass is 462 g/mol. The fourth-order valence-corrected chi connectivity index (χ4v) is 3.30. The number of carbonyl (C=O) groups is 2. The van der Waals surface area contributed by atoms with Crippen LogP contribution >= 0.6 is 0 Å². The Labute approximate surface area is 200 Å². The lowest BCUT2D eigenvalue weighted by Crippen LogP contribution is -2.26. The van der Waals surface area contributed by atoms with Crippen LogP contribution in [0.1, 0.15) is 24.0 Å². The van der Waals surface area contributed by atoms with Gasteiger partial charge in [0, 0.05) is 25.1 Å². The van der Waals surface area contributed by atoms with Gasteiger partial charge in [-0.25, -0.2) is 0 Å². The lowest BCUT2D eigenvalue weighted by Gasteiger charge is -2.10. The second kappa shape index (κ2) is 12.9. The number of methoxy groups -OCH3 is 2. The van der Waals surface area contributed by atoms with E-state index in [0.29, 0.717) is 36.8 Å². The Kier molecular flexibility index (Phi) is 9.34. The number of hydrogen-bond donors (Lipinski definition) is 2. The van der Waals surface area contributed by atoms with E-state index >= 15 is 0 Å². The second-order valence-corrected chi connectivity index (χ2v) is 7.64. The molecule has 0 fully saturated rings. The molecule has 0 bridgehead atoms. The summed E-state index contributed by atoms with van der Waals surface area (Å²) < 4.78 is 16.3. The van der Waals surface area contributed by atoms with Crippen molar-refractivity contribution in [1.29, 1.82) is 0 Å². The summed E-state index contributed by atoms with van der Waals surface area (Å²) in [5.41, 5.74) is 2.76. The molecule has 0 radical (unpaired) electrons. The number of anilines is 1. The third-order valence-corrected chi connectivity index (χ3v) is 5.15. The molecule has 0 heterocycles. The molecule has 0 aliphatic heterocycles. The number of rotatable bonds is 12. The zero-order valence-corrected chi connectivity index (χ0v) is 19.5. The van der Waals surface area contributed by atoms with Crippen LogP contribution < -0.4 is 24.8 Å². The van der Waals surface area contributed by atoms with Gasteiger partial charge in [-0.1, -0.05) is 36.4 Å². The number of carbonyl (C=O) groups excluding carboxylic acids is 2. The van der Waals surface area contributed by atoms with Gasteiger partial charge in [0.05, 0.1) is 14.2 Å². The molecule has 0 atom stereocenters. The predicted molar refractivity (Wildman–Crippen MR) is 131 cm³/mol. The van der Waals surface area contributed by atoms with Gasteiger partial charge in [-0.05, 0) is 53.9 Å². The van der Waals surface area contributed by atoms with Crippen LogP contribution in [0.15, 0.2) is 72.8 Å². The van der Waals surface area contributed by atoms with Gasteiger partial charge < -0.3 is 24.8 Å². The Balaban J connectivity index is 1.34. The molecule has 2 amide bonds. The summed E-state index contributed by atoms with van der Waals surface area (Å²) >= 11 is 0. The largest absolute Gasteiger partial charge is 0.493 e. The molecular weight excluding hydrogens is 432 g/mol. The second-order valence-electron chi connectivity index (χ2n) is 7.64. The molecule has 0 spiro atoms. The Morgan fingerprint density at radius 1 is 0.765 bits per heavy atom. The molecule has 0 aliphatic carbocycles. The fourth-order valence-electron chi connectivity index (χ4n) is 3.30. The third-order valence-electron chi connectivity index (χ3n) is 5.15. The van der Waals surface area contributed by atoms with Crippen molar-refractivity contribution in [2.24, 2.45) is 0 Å². The molecular formula is C27H30N2O5. The summed E-state index contributed by atoms with van der Waals surface area (Å²) in [7, 11) is 3.17. The summed E-state index contributed by atoms with van der Waals surface area (Å²) in [6, 6.07) is 22.7. The van der Waals surface area contributed by atoms with E-state index in [-0.39, 0.29) is 24.7 Å². The molecule has 7 nitrogen and oxygen atoms in total. The van der Waals surface area contributed by atoms with Gasteiger partial charge in [0.25, 0.3) is 0 Å². The van der Waals surface area contributed by atoms with Crippen molar-refractivity contribution in [2.75, 3.05) is 26.1 Å². The molecule has 0 aromatic heterocycles. The predicted octanol–water partition coefficient (Wildman–Crippen LogP) is 4.36. The van der Waals surface area contributed by atoms with Crippen LogP contribution in [0, 0.1) is 0 Å². The lowest BCUT2D eigenvalue weighted by molar-refractivity contribution is -0.124. The molecule has 3 aromatic carbocycles. The van der Waals surface area contributed by atoms with E-state index in [1.54, 1.807) is 38.5 Å². The normalized spacial score (nSPS) is 10.3. The Morgan fingerprint density at radius 2 is 1.47 bits per heavy atom. The van der Waals surface area contributed by atoms with Crippen molar-refractivity contribution < 1.29 is 23.8 Å². The standard InChI is InChI=1S/C27H30N2O5/c1-32-24-13-8-20(18-25(24)33-2)16-17-28-26(30)14-15-27(31)29-22-9-11-23(12-10-22)34-19-21-6-4-3-5-7-21/h3-13,18H,14-17,19H2,1-2H3,(H,28,30)(H,29,31). The Morgan fingerprint density at radius 3 is 2.18 bits per heavy atom. The van der Waals surface area contributed by atoms with Crippen LogP contribution in [-0.4, -0.2) is 32.6 Å². The van der Waals surface area contributed by atoms with Crippen molar-refractivity contribution in [1.82, 2.24) is 5.32 Å². The highest BCUT2D eigenvalue weighted by Gasteiger charge is 2.09. The van der Waals surface area contributed by atoms with Crippen LogP contribution in [0.5, 0.6) is 17.2 Å². The Hall–Kier alpha value is -4.00. The van der Waals surface area contributed by atoms with E-state index < -0.39 is 0 Å². The fraction of sp³-hybridized carbons (Fsp3) is 0.259.